The van der Waals surface area contributed by atoms with Gasteiger partial charge in [0.05, 0.1) is 6.61 Å². The van der Waals surface area contributed by atoms with Crippen molar-refractivity contribution in [3.63, 3.8) is 0 Å². The van der Waals surface area contributed by atoms with Crippen LogP contribution in [0.5, 0.6) is 0 Å². The summed E-state index contributed by atoms with van der Waals surface area (Å²) in [5, 5.41) is 3.45. The molecule has 1 atom stereocenters. The Hall–Kier alpha value is -2.73. The number of ether oxygens (including phenoxy) is 1. The van der Waals surface area contributed by atoms with E-state index in [9.17, 15) is 9.18 Å². The summed E-state index contributed by atoms with van der Waals surface area (Å²) in [6.07, 6.45) is 5.85. The first-order valence-electron chi connectivity index (χ1n) is 9.16. The number of carbonyl (C=O) groups is 1. The SMILES string of the molecule is CCOC(=O)/C=C/c1ccc(N[C@@H]2CCN(Cc3ccc(F)cc3)C2)nc1. The van der Waals surface area contributed by atoms with Gasteiger partial charge in [-0.25, -0.2) is 14.2 Å². The Kier molecular flexibility index (Phi) is 6.54. The van der Waals surface area contributed by atoms with E-state index in [2.05, 4.69) is 15.2 Å². The van der Waals surface area contributed by atoms with E-state index in [0.29, 0.717) is 12.6 Å². The van der Waals surface area contributed by atoms with Crippen molar-refractivity contribution in [2.75, 3.05) is 25.0 Å². The summed E-state index contributed by atoms with van der Waals surface area (Å²) in [7, 11) is 0. The Morgan fingerprint density at radius 1 is 1.33 bits per heavy atom. The van der Waals surface area contributed by atoms with E-state index in [0.717, 1.165) is 43.0 Å². The largest absolute Gasteiger partial charge is 0.463 e. The fraction of sp³-hybridized carbons (Fsp3) is 0.333. The van der Waals surface area contributed by atoms with Crippen LogP contribution in [-0.4, -0.2) is 41.6 Å². The second-order valence-electron chi connectivity index (χ2n) is 6.55. The van der Waals surface area contributed by atoms with Gasteiger partial charge in [0.1, 0.15) is 11.6 Å². The van der Waals surface area contributed by atoms with Crippen LogP contribution in [0.25, 0.3) is 6.08 Å². The number of nitrogens with zero attached hydrogens (tertiary/aromatic N) is 2. The van der Waals surface area contributed by atoms with Gasteiger partial charge in [0, 0.05) is 37.9 Å². The monoisotopic (exact) mass is 369 g/mol. The fourth-order valence-corrected chi connectivity index (χ4v) is 3.10. The van der Waals surface area contributed by atoms with Crippen molar-refractivity contribution >= 4 is 17.9 Å². The summed E-state index contributed by atoms with van der Waals surface area (Å²) >= 11 is 0. The quantitative estimate of drug-likeness (QED) is 0.598. The summed E-state index contributed by atoms with van der Waals surface area (Å²) in [5.74, 6) is 0.259. The molecule has 0 amide bonds. The molecule has 1 saturated heterocycles. The van der Waals surface area contributed by atoms with Gasteiger partial charge < -0.3 is 10.1 Å². The minimum Gasteiger partial charge on any atom is -0.463 e. The normalized spacial score (nSPS) is 17.3. The Bertz CT molecular complexity index is 775. The zero-order valence-corrected chi connectivity index (χ0v) is 15.4. The van der Waals surface area contributed by atoms with E-state index in [1.165, 1.54) is 18.2 Å². The van der Waals surface area contributed by atoms with Crippen molar-refractivity contribution in [1.29, 1.82) is 0 Å². The van der Waals surface area contributed by atoms with Crippen LogP contribution in [0.4, 0.5) is 10.2 Å². The molecule has 1 aromatic heterocycles. The van der Waals surface area contributed by atoms with E-state index < -0.39 is 0 Å². The Balaban J connectivity index is 1.48. The molecule has 2 aromatic rings. The Morgan fingerprint density at radius 2 is 2.15 bits per heavy atom. The molecule has 142 valence electrons. The third-order valence-electron chi connectivity index (χ3n) is 4.43. The average molecular weight is 369 g/mol. The molecule has 0 spiro atoms. The summed E-state index contributed by atoms with van der Waals surface area (Å²) in [5.41, 5.74) is 1.96. The minimum atomic E-state index is -0.355. The number of likely N-dealkylation sites (tertiary alicyclic amines) is 1. The predicted molar refractivity (Wildman–Crippen MR) is 104 cm³/mol. The Labute approximate surface area is 158 Å². The first-order valence-corrected chi connectivity index (χ1v) is 9.16. The van der Waals surface area contributed by atoms with Crippen LogP contribution in [0.1, 0.15) is 24.5 Å². The molecule has 1 aromatic carbocycles. The van der Waals surface area contributed by atoms with Crippen LogP contribution >= 0.6 is 0 Å². The standard InChI is InChI=1S/C21H24FN3O2/c1-2-27-21(26)10-6-16-5-9-20(23-13-16)24-19-11-12-25(15-19)14-17-3-7-18(22)8-4-17/h3-10,13,19H,2,11-12,14-15H2,1H3,(H,23,24)/b10-6+/t19-/m1/s1. The van der Waals surface area contributed by atoms with E-state index in [1.807, 2.05) is 24.3 Å². The lowest BCUT2D eigenvalue weighted by atomic mass is 10.2. The molecule has 5 nitrogen and oxygen atoms in total. The third-order valence-corrected chi connectivity index (χ3v) is 4.43. The van der Waals surface area contributed by atoms with Gasteiger partial charge >= 0.3 is 5.97 Å². The number of esters is 1. The molecule has 0 radical (unpaired) electrons. The maximum Gasteiger partial charge on any atom is 0.330 e. The highest BCUT2D eigenvalue weighted by molar-refractivity contribution is 5.86. The first-order chi connectivity index (χ1) is 13.1. The highest BCUT2D eigenvalue weighted by atomic mass is 19.1. The molecule has 1 fully saturated rings. The van der Waals surface area contributed by atoms with E-state index in [1.54, 1.807) is 19.2 Å². The molecule has 0 bridgehead atoms. The van der Waals surface area contributed by atoms with Crippen molar-refractivity contribution in [3.05, 3.63) is 65.6 Å². The molecular weight excluding hydrogens is 345 g/mol. The van der Waals surface area contributed by atoms with Gasteiger partial charge in [0.2, 0.25) is 0 Å². The minimum absolute atomic E-state index is 0.202. The van der Waals surface area contributed by atoms with Gasteiger partial charge in [0.15, 0.2) is 0 Å². The van der Waals surface area contributed by atoms with Crippen molar-refractivity contribution < 1.29 is 13.9 Å². The van der Waals surface area contributed by atoms with Crippen LogP contribution in [0.2, 0.25) is 0 Å². The molecular formula is C21H24FN3O2. The number of hydrogen-bond donors (Lipinski definition) is 1. The van der Waals surface area contributed by atoms with E-state index in [-0.39, 0.29) is 11.8 Å². The number of carbonyl (C=O) groups excluding carboxylic acids is 1. The summed E-state index contributed by atoms with van der Waals surface area (Å²) in [6, 6.07) is 10.8. The number of pyridine rings is 1. The van der Waals surface area contributed by atoms with Gasteiger partial charge in [0.25, 0.3) is 0 Å². The average Bonchev–Trinajstić information content (AvgIpc) is 3.10. The highest BCUT2D eigenvalue weighted by Crippen LogP contribution is 2.17. The van der Waals surface area contributed by atoms with Gasteiger partial charge in [-0.1, -0.05) is 12.1 Å². The lowest BCUT2D eigenvalue weighted by Crippen LogP contribution is -2.26. The topological polar surface area (TPSA) is 54.5 Å². The molecule has 0 aliphatic carbocycles. The van der Waals surface area contributed by atoms with Crippen LogP contribution < -0.4 is 5.32 Å². The van der Waals surface area contributed by atoms with Crippen LogP contribution in [0.3, 0.4) is 0 Å². The number of nitrogens with one attached hydrogen (secondary N) is 1. The van der Waals surface area contributed by atoms with E-state index >= 15 is 0 Å². The summed E-state index contributed by atoms with van der Waals surface area (Å²) in [6.45, 7) is 4.88. The Morgan fingerprint density at radius 3 is 2.85 bits per heavy atom. The molecule has 1 N–H and O–H groups in total. The second kappa shape index (κ2) is 9.28. The number of rotatable bonds is 7. The lowest BCUT2D eigenvalue weighted by Gasteiger charge is -2.17. The van der Waals surface area contributed by atoms with Crippen molar-refractivity contribution in [1.82, 2.24) is 9.88 Å². The molecule has 0 saturated carbocycles. The zero-order chi connectivity index (χ0) is 19.1. The van der Waals surface area contributed by atoms with Crippen molar-refractivity contribution in [2.45, 2.75) is 25.9 Å². The maximum atomic E-state index is 13.0. The third kappa shape index (κ3) is 5.89. The molecule has 1 aliphatic rings. The lowest BCUT2D eigenvalue weighted by molar-refractivity contribution is -0.137. The fourth-order valence-electron chi connectivity index (χ4n) is 3.10. The highest BCUT2D eigenvalue weighted by Gasteiger charge is 2.22. The van der Waals surface area contributed by atoms with Crippen molar-refractivity contribution in [3.8, 4) is 0 Å². The second-order valence-corrected chi connectivity index (χ2v) is 6.55. The van der Waals surface area contributed by atoms with Crippen LogP contribution in [0, 0.1) is 5.82 Å². The number of halogens is 1. The van der Waals surface area contributed by atoms with Crippen LogP contribution in [-0.2, 0) is 16.1 Å². The zero-order valence-electron chi connectivity index (χ0n) is 15.4. The van der Waals surface area contributed by atoms with Crippen molar-refractivity contribution in [2.24, 2.45) is 0 Å². The first kappa shape index (κ1) is 19.0. The molecule has 6 heteroatoms. The van der Waals surface area contributed by atoms with Gasteiger partial charge in [-0.15, -0.1) is 0 Å². The predicted octanol–water partition coefficient (Wildman–Crippen LogP) is 3.48. The van der Waals surface area contributed by atoms with Crippen LogP contribution in [0.15, 0.2) is 48.7 Å². The number of benzene rings is 1. The molecule has 0 unspecified atom stereocenters. The smallest absolute Gasteiger partial charge is 0.330 e. The molecule has 2 heterocycles. The summed E-state index contributed by atoms with van der Waals surface area (Å²) < 4.78 is 17.9. The molecule has 1 aliphatic heterocycles. The molecule has 3 rings (SSSR count). The maximum absolute atomic E-state index is 13.0. The number of aromatic nitrogens is 1. The summed E-state index contributed by atoms with van der Waals surface area (Å²) in [4.78, 5) is 18.1. The van der Waals surface area contributed by atoms with Gasteiger partial charge in [-0.3, -0.25) is 4.90 Å². The van der Waals surface area contributed by atoms with E-state index in [4.69, 9.17) is 4.74 Å². The number of hydrogen-bond acceptors (Lipinski definition) is 5. The molecule has 27 heavy (non-hydrogen) atoms. The number of anilines is 1. The van der Waals surface area contributed by atoms with Gasteiger partial charge in [-0.2, -0.15) is 0 Å². The van der Waals surface area contributed by atoms with Gasteiger partial charge in [-0.05, 0) is 54.8 Å².